The van der Waals surface area contributed by atoms with E-state index >= 15 is 0 Å². The van der Waals surface area contributed by atoms with Crippen molar-refractivity contribution < 1.29 is 0 Å². The SMILES string of the molecule is CC(c1ccc2c(c1)[nH]c1ccccc12)c1cnc[nH]1.Cl. The summed E-state index contributed by atoms with van der Waals surface area (Å²) < 4.78 is 0. The van der Waals surface area contributed by atoms with Crippen LogP contribution in [-0.2, 0) is 0 Å². The molecule has 4 heteroatoms. The van der Waals surface area contributed by atoms with E-state index in [1.807, 2.05) is 6.20 Å². The average molecular weight is 298 g/mol. The Hall–Kier alpha value is -2.26. The number of hydrogen-bond donors (Lipinski definition) is 2. The molecule has 2 heterocycles. The van der Waals surface area contributed by atoms with Crippen LogP contribution >= 0.6 is 12.4 Å². The molecule has 4 aromatic rings. The van der Waals surface area contributed by atoms with Crippen LogP contribution in [0.2, 0.25) is 0 Å². The average Bonchev–Trinajstić information content (AvgIpc) is 3.13. The van der Waals surface area contributed by atoms with Crippen molar-refractivity contribution in [2.45, 2.75) is 12.8 Å². The van der Waals surface area contributed by atoms with Crippen LogP contribution in [0.5, 0.6) is 0 Å². The third-order valence-corrected chi connectivity index (χ3v) is 4.02. The molecule has 3 nitrogen and oxygen atoms in total. The van der Waals surface area contributed by atoms with Crippen LogP contribution in [0, 0.1) is 0 Å². The highest BCUT2D eigenvalue weighted by molar-refractivity contribution is 6.07. The second-order valence-electron chi connectivity index (χ2n) is 5.20. The fourth-order valence-corrected chi connectivity index (χ4v) is 2.82. The minimum absolute atomic E-state index is 0. The summed E-state index contributed by atoms with van der Waals surface area (Å²) in [6.45, 7) is 2.19. The minimum Gasteiger partial charge on any atom is -0.355 e. The summed E-state index contributed by atoms with van der Waals surface area (Å²) in [6.07, 6.45) is 3.62. The molecule has 1 unspecified atom stereocenters. The Morgan fingerprint density at radius 2 is 1.81 bits per heavy atom. The lowest BCUT2D eigenvalue weighted by Gasteiger charge is -2.09. The molecule has 0 bridgehead atoms. The van der Waals surface area contributed by atoms with Crippen LogP contribution in [0.15, 0.2) is 55.0 Å². The number of fused-ring (bicyclic) bond motifs is 3. The van der Waals surface area contributed by atoms with Crippen molar-refractivity contribution in [2.75, 3.05) is 0 Å². The zero-order valence-electron chi connectivity index (χ0n) is 11.6. The summed E-state index contributed by atoms with van der Waals surface area (Å²) in [6, 6.07) is 15.1. The van der Waals surface area contributed by atoms with Gasteiger partial charge in [0.2, 0.25) is 0 Å². The van der Waals surface area contributed by atoms with E-state index in [1.165, 1.54) is 27.4 Å². The highest BCUT2D eigenvalue weighted by atomic mass is 35.5. The van der Waals surface area contributed by atoms with Crippen LogP contribution in [0.1, 0.15) is 24.1 Å². The molecule has 0 saturated heterocycles. The molecular weight excluding hydrogens is 282 g/mol. The highest BCUT2D eigenvalue weighted by Gasteiger charge is 2.11. The maximum absolute atomic E-state index is 4.10. The molecule has 21 heavy (non-hydrogen) atoms. The van der Waals surface area contributed by atoms with E-state index in [4.69, 9.17) is 0 Å². The van der Waals surface area contributed by atoms with E-state index in [0.29, 0.717) is 5.92 Å². The standard InChI is InChI=1S/C17H15N3.ClH/c1-11(17-9-18-10-19-17)12-6-7-14-13-4-2-3-5-15(13)20-16(14)8-12;/h2-11,20H,1H3,(H,18,19);1H. The Bertz CT molecular complexity index is 877. The first-order chi connectivity index (χ1) is 9.83. The monoisotopic (exact) mass is 297 g/mol. The lowest BCUT2D eigenvalue weighted by Crippen LogP contribution is -1.95. The van der Waals surface area contributed by atoms with E-state index in [1.54, 1.807) is 6.33 Å². The number of halogens is 1. The predicted octanol–water partition coefficient (Wildman–Crippen LogP) is 4.62. The van der Waals surface area contributed by atoms with Gasteiger partial charge in [0.05, 0.1) is 6.33 Å². The number of para-hydroxylation sites is 1. The molecule has 0 spiro atoms. The van der Waals surface area contributed by atoms with Crippen molar-refractivity contribution in [2.24, 2.45) is 0 Å². The van der Waals surface area contributed by atoms with Crippen LogP contribution in [0.4, 0.5) is 0 Å². The molecule has 1 atom stereocenters. The summed E-state index contributed by atoms with van der Waals surface area (Å²) in [5, 5.41) is 2.56. The molecule has 0 aliphatic carbocycles. The first kappa shape index (κ1) is 13.7. The van der Waals surface area contributed by atoms with E-state index in [2.05, 4.69) is 64.3 Å². The topological polar surface area (TPSA) is 44.5 Å². The normalized spacial score (nSPS) is 12.4. The van der Waals surface area contributed by atoms with Crippen molar-refractivity contribution in [1.29, 1.82) is 0 Å². The minimum atomic E-state index is 0. The number of aromatic nitrogens is 3. The van der Waals surface area contributed by atoms with Gasteiger partial charge in [0, 0.05) is 39.6 Å². The van der Waals surface area contributed by atoms with Crippen molar-refractivity contribution in [3.63, 3.8) is 0 Å². The summed E-state index contributed by atoms with van der Waals surface area (Å²) in [4.78, 5) is 10.8. The maximum Gasteiger partial charge on any atom is 0.0921 e. The molecule has 106 valence electrons. The van der Waals surface area contributed by atoms with Gasteiger partial charge in [-0.2, -0.15) is 0 Å². The smallest absolute Gasteiger partial charge is 0.0921 e. The predicted molar refractivity (Wildman–Crippen MR) is 89.2 cm³/mol. The lowest BCUT2D eigenvalue weighted by molar-refractivity contribution is 0.885. The zero-order valence-corrected chi connectivity index (χ0v) is 12.4. The fraction of sp³-hybridized carbons (Fsp3) is 0.118. The van der Waals surface area contributed by atoms with Gasteiger partial charge in [0.1, 0.15) is 0 Å². The van der Waals surface area contributed by atoms with Crippen molar-refractivity contribution in [3.05, 3.63) is 66.2 Å². The van der Waals surface area contributed by atoms with Crippen LogP contribution in [0.25, 0.3) is 21.8 Å². The van der Waals surface area contributed by atoms with E-state index < -0.39 is 0 Å². The molecule has 0 aliphatic rings. The number of aromatic amines is 2. The summed E-state index contributed by atoms with van der Waals surface area (Å²) in [7, 11) is 0. The molecule has 2 aromatic carbocycles. The number of benzene rings is 2. The quantitative estimate of drug-likeness (QED) is 0.557. The van der Waals surface area contributed by atoms with Gasteiger partial charge in [-0.05, 0) is 17.7 Å². The fourth-order valence-electron chi connectivity index (χ4n) is 2.82. The molecule has 0 fully saturated rings. The Kier molecular flexibility index (Phi) is 3.43. The number of imidazole rings is 1. The number of rotatable bonds is 2. The second-order valence-corrected chi connectivity index (χ2v) is 5.20. The maximum atomic E-state index is 4.10. The van der Waals surface area contributed by atoms with Gasteiger partial charge in [-0.15, -0.1) is 12.4 Å². The molecule has 0 aliphatic heterocycles. The van der Waals surface area contributed by atoms with Crippen molar-refractivity contribution in [3.8, 4) is 0 Å². The lowest BCUT2D eigenvalue weighted by atomic mass is 9.97. The van der Waals surface area contributed by atoms with Crippen LogP contribution < -0.4 is 0 Å². The molecule has 0 radical (unpaired) electrons. The Morgan fingerprint density at radius 1 is 1.00 bits per heavy atom. The number of nitrogens with one attached hydrogen (secondary N) is 2. The first-order valence-electron chi connectivity index (χ1n) is 6.81. The highest BCUT2D eigenvalue weighted by Crippen LogP contribution is 2.29. The van der Waals surface area contributed by atoms with Crippen LogP contribution in [-0.4, -0.2) is 15.0 Å². The Morgan fingerprint density at radius 3 is 2.62 bits per heavy atom. The molecule has 4 rings (SSSR count). The molecule has 0 amide bonds. The van der Waals surface area contributed by atoms with Gasteiger partial charge in [-0.1, -0.05) is 37.3 Å². The molecule has 0 saturated carbocycles. The molecular formula is C17H16ClN3. The molecule has 2 aromatic heterocycles. The Labute approximate surface area is 128 Å². The number of H-pyrrole nitrogens is 2. The van der Waals surface area contributed by atoms with Crippen molar-refractivity contribution in [1.82, 2.24) is 15.0 Å². The second kappa shape index (κ2) is 5.26. The molecule has 2 N–H and O–H groups in total. The van der Waals surface area contributed by atoms with E-state index in [9.17, 15) is 0 Å². The Balaban J connectivity index is 0.00000132. The van der Waals surface area contributed by atoms with Crippen LogP contribution in [0.3, 0.4) is 0 Å². The largest absolute Gasteiger partial charge is 0.355 e. The van der Waals surface area contributed by atoms with Crippen molar-refractivity contribution >= 4 is 34.2 Å². The first-order valence-corrected chi connectivity index (χ1v) is 6.81. The van der Waals surface area contributed by atoms with Gasteiger partial charge >= 0.3 is 0 Å². The van der Waals surface area contributed by atoms with Gasteiger partial charge in [-0.25, -0.2) is 4.98 Å². The number of nitrogens with zero attached hydrogens (tertiary/aromatic N) is 1. The van der Waals surface area contributed by atoms with E-state index in [-0.39, 0.29) is 12.4 Å². The van der Waals surface area contributed by atoms with Gasteiger partial charge in [-0.3, -0.25) is 0 Å². The number of hydrogen-bond acceptors (Lipinski definition) is 1. The summed E-state index contributed by atoms with van der Waals surface area (Å²) in [5.41, 5.74) is 4.80. The van der Waals surface area contributed by atoms with Gasteiger partial charge in [0.25, 0.3) is 0 Å². The zero-order chi connectivity index (χ0) is 13.5. The summed E-state index contributed by atoms with van der Waals surface area (Å²) in [5.74, 6) is 0.313. The van der Waals surface area contributed by atoms with Gasteiger partial charge in [0.15, 0.2) is 0 Å². The third-order valence-electron chi connectivity index (χ3n) is 4.02. The summed E-state index contributed by atoms with van der Waals surface area (Å²) >= 11 is 0. The third kappa shape index (κ3) is 2.20. The van der Waals surface area contributed by atoms with E-state index in [0.717, 1.165) is 5.69 Å². The van der Waals surface area contributed by atoms with Gasteiger partial charge < -0.3 is 9.97 Å².